The zero-order chi connectivity index (χ0) is 15.4. The van der Waals surface area contributed by atoms with E-state index in [2.05, 4.69) is 20.3 Å². The standard InChI is InChI=1S/C15H14N4O3/c20-11-5-3-10(4-6-11)8-13-17-14(19-15(21)18-13)16-9-12-2-1-7-22-12/h1-7,20H,8-9H2,(H2,16,17,18,19,21). The smallest absolute Gasteiger partial charge is 0.349 e. The number of phenols is 1. The number of nitrogens with one attached hydrogen (secondary N) is 2. The Balaban J connectivity index is 1.74. The third-order valence-corrected chi connectivity index (χ3v) is 3.01. The Morgan fingerprint density at radius 1 is 1.18 bits per heavy atom. The number of benzene rings is 1. The Kier molecular flexibility index (Phi) is 3.86. The normalized spacial score (nSPS) is 10.5. The van der Waals surface area contributed by atoms with Crippen LogP contribution in [0.25, 0.3) is 0 Å². The van der Waals surface area contributed by atoms with Gasteiger partial charge in [-0.25, -0.2) is 4.79 Å². The average Bonchev–Trinajstić information content (AvgIpc) is 3.00. The third kappa shape index (κ3) is 3.51. The van der Waals surface area contributed by atoms with Crippen LogP contribution in [0.5, 0.6) is 5.75 Å². The van der Waals surface area contributed by atoms with Crippen molar-refractivity contribution < 1.29 is 9.52 Å². The first-order valence-electron chi connectivity index (χ1n) is 6.70. The predicted molar refractivity (Wildman–Crippen MR) is 79.6 cm³/mol. The van der Waals surface area contributed by atoms with Crippen molar-refractivity contribution in [1.29, 1.82) is 0 Å². The van der Waals surface area contributed by atoms with Crippen molar-refractivity contribution in [3.05, 3.63) is 70.3 Å². The summed E-state index contributed by atoms with van der Waals surface area (Å²) >= 11 is 0. The summed E-state index contributed by atoms with van der Waals surface area (Å²) in [5.74, 6) is 1.66. The van der Waals surface area contributed by atoms with Crippen molar-refractivity contribution in [2.24, 2.45) is 0 Å². The molecular formula is C15H14N4O3. The fourth-order valence-electron chi connectivity index (χ4n) is 1.98. The topological polar surface area (TPSA) is 104 Å². The lowest BCUT2D eigenvalue weighted by Crippen LogP contribution is -2.18. The van der Waals surface area contributed by atoms with Crippen molar-refractivity contribution in [2.75, 3.05) is 5.32 Å². The van der Waals surface area contributed by atoms with E-state index >= 15 is 0 Å². The summed E-state index contributed by atoms with van der Waals surface area (Å²) in [5, 5.41) is 12.2. The number of aromatic hydroxyl groups is 1. The maximum Gasteiger partial charge on any atom is 0.349 e. The molecule has 0 fully saturated rings. The van der Waals surface area contributed by atoms with Crippen LogP contribution in [0.4, 0.5) is 5.95 Å². The van der Waals surface area contributed by atoms with Gasteiger partial charge in [0.05, 0.1) is 12.8 Å². The number of aromatic nitrogens is 3. The van der Waals surface area contributed by atoms with Crippen LogP contribution in [0.15, 0.2) is 51.9 Å². The molecule has 0 aliphatic carbocycles. The molecule has 0 aliphatic rings. The molecule has 0 saturated heterocycles. The van der Waals surface area contributed by atoms with Gasteiger partial charge in [-0.2, -0.15) is 9.97 Å². The first kappa shape index (κ1) is 13.9. The number of furan rings is 1. The van der Waals surface area contributed by atoms with Gasteiger partial charge in [0.15, 0.2) is 0 Å². The molecule has 0 spiro atoms. The van der Waals surface area contributed by atoms with Gasteiger partial charge in [-0.1, -0.05) is 12.1 Å². The molecule has 112 valence electrons. The van der Waals surface area contributed by atoms with Crippen molar-refractivity contribution in [3.63, 3.8) is 0 Å². The minimum atomic E-state index is -0.467. The van der Waals surface area contributed by atoms with Crippen LogP contribution >= 0.6 is 0 Å². The van der Waals surface area contributed by atoms with Crippen molar-refractivity contribution in [3.8, 4) is 5.75 Å². The first-order valence-corrected chi connectivity index (χ1v) is 6.70. The predicted octanol–water partition coefficient (Wildman–Crippen LogP) is 1.67. The van der Waals surface area contributed by atoms with E-state index in [9.17, 15) is 9.90 Å². The van der Waals surface area contributed by atoms with E-state index in [0.29, 0.717) is 18.8 Å². The number of anilines is 1. The second-order valence-corrected chi connectivity index (χ2v) is 4.70. The molecular weight excluding hydrogens is 284 g/mol. The van der Waals surface area contributed by atoms with Gasteiger partial charge >= 0.3 is 5.69 Å². The Bertz CT molecular complexity index is 794. The maximum absolute atomic E-state index is 11.6. The number of H-pyrrole nitrogens is 1. The molecule has 7 nitrogen and oxygen atoms in total. The fourth-order valence-corrected chi connectivity index (χ4v) is 1.98. The highest BCUT2D eigenvalue weighted by Gasteiger charge is 2.05. The number of phenolic OH excluding ortho intramolecular Hbond substituents is 1. The van der Waals surface area contributed by atoms with Crippen molar-refractivity contribution >= 4 is 5.95 Å². The molecule has 0 atom stereocenters. The Hall–Kier alpha value is -3.09. The molecule has 1 aromatic carbocycles. The number of hydrogen-bond donors (Lipinski definition) is 3. The highest BCUT2D eigenvalue weighted by Crippen LogP contribution is 2.12. The Labute approximate surface area is 125 Å². The fraction of sp³-hybridized carbons (Fsp3) is 0.133. The maximum atomic E-state index is 11.6. The minimum Gasteiger partial charge on any atom is -0.508 e. The monoisotopic (exact) mass is 298 g/mol. The lowest BCUT2D eigenvalue weighted by Gasteiger charge is -2.05. The number of aromatic amines is 1. The zero-order valence-corrected chi connectivity index (χ0v) is 11.6. The summed E-state index contributed by atoms with van der Waals surface area (Å²) in [4.78, 5) is 22.2. The van der Waals surface area contributed by atoms with Crippen LogP contribution in [0.3, 0.4) is 0 Å². The largest absolute Gasteiger partial charge is 0.508 e. The number of rotatable bonds is 5. The highest BCUT2D eigenvalue weighted by molar-refractivity contribution is 5.29. The van der Waals surface area contributed by atoms with Crippen LogP contribution in [0, 0.1) is 0 Å². The summed E-state index contributed by atoms with van der Waals surface area (Å²) < 4.78 is 5.19. The molecule has 3 aromatic rings. The van der Waals surface area contributed by atoms with Crippen molar-refractivity contribution in [1.82, 2.24) is 15.0 Å². The molecule has 0 aliphatic heterocycles. The molecule has 7 heteroatoms. The van der Waals surface area contributed by atoms with Gasteiger partial charge in [0.2, 0.25) is 5.95 Å². The summed E-state index contributed by atoms with van der Waals surface area (Å²) in [6.45, 7) is 0.398. The zero-order valence-electron chi connectivity index (χ0n) is 11.6. The summed E-state index contributed by atoms with van der Waals surface area (Å²) in [5.41, 5.74) is 0.454. The lowest BCUT2D eigenvalue weighted by molar-refractivity contribution is 0.475. The van der Waals surface area contributed by atoms with Crippen LogP contribution in [0.2, 0.25) is 0 Å². The van der Waals surface area contributed by atoms with Gasteiger partial charge in [0, 0.05) is 6.42 Å². The van der Waals surface area contributed by atoms with Gasteiger partial charge < -0.3 is 14.8 Å². The first-order chi connectivity index (χ1) is 10.7. The molecule has 0 amide bonds. The van der Waals surface area contributed by atoms with Crippen LogP contribution in [-0.2, 0) is 13.0 Å². The van der Waals surface area contributed by atoms with Crippen LogP contribution in [0.1, 0.15) is 17.1 Å². The molecule has 0 unspecified atom stereocenters. The quantitative estimate of drug-likeness (QED) is 0.662. The average molecular weight is 298 g/mol. The number of hydrogen-bond acceptors (Lipinski definition) is 6. The third-order valence-electron chi connectivity index (χ3n) is 3.01. The molecule has 3 rings (SSSR count). The van der Waals surface area contributed by atoms with E-state index in [1.165, 1.54) is 0 Å². The van der Waals surface area contributed by atoms with Crippen molar-refractivity contribution in [2.45, 2.75) is 13.0 Å². The van der Waals surface area contributed by atoms with Gasteiger partial charge in [-0.15, -0.1) is 0 Å². The minimum absolute atomic E-state index is 0.195. The summed E-state index contributed by atoms with van der Waals surface area (Å²) in [7, 11) is 0. The Morgan fingerprint density at radius 2 is 2.00 bits per heavy atom. The van der Waals surface area contributed by atoms with E-state index in [0.717, 1.165) is 11.3 Å². The molecule has 0 saturated carbocycles. The molecule has 22 heavy (non-hydrogen) atoms. The van der Waals surface area contributed by atoms with E-state index < -0.39 is 5.69 Å². The van der Waals surface area contributed by atoms with E-state index in [1.807, 2.05) is 6.07 Å². The van der Waals surface area contributed by atoms with E-state index in [1.54, 1.807) is 36.6 Å². The summed E-state index contributed by atoms with van der Waals surface area (Å²) in [6.07, 6.45) is 2.01. The molecule has 2 heterocycles. The SMILES string of the molecule is O=c1nc(NCc2ccco2)nc(Cc2ccc(O)cc2)[nH]1. The van der Waals surface area contributed by atoms with Gasteiger partial charge in [0.25, 0.3) is 0 Å². The summed E-state index contributed by atoms with van der Waals surface area (Å²) in [6, 6.07) is 10.3. The second kappa shape index (κ2) is 6.13. The van der Waals surface area contributed by atoms with Crippen LogP contribution < -0.4 is 11.0 Å². The van der Waals surface area contributed by atoms with Crippen LogP contribution in [-0.4, -0.2) is 20.1 Å². The molecule has 2 aromatic heterocycles. The van der Waals surface area contributed by atoms with E-state index in [4.69, 9.17) is 4.42 Å². The highest BCUT2D eigenvalue weighted by atomic mass is 16.3. The molecule has 0 bridgehead atoms. The van der Waals surface area contributed by atoms with E-state index in [-0.39, 0.29) is 11.7 Å². The van der Waals surface area contributed by atoms with Gasteiger partial charge in [-0.05, 0) is 29.8 Å². The van der Waals surface area contributed by atoms with Gasteiger partial charge in [-0.3, -0.25) is 4.98 Å². The van der Waals surface area contributed by atoms with Gasteiger partial charge in [0.1, 0.15) is 17.3 Å². The second-order valence-electron chi connectivity index (χ2n) is 4.70. The molecule has 3 N–H and O–H groups in total. The number of nitrogens with zero attached hydrogens (tertiary/aromatic N) is 2. The lowest BCUT2D eigenvalue weighted by atomic mass is 10.1. The Morgan fingerprint density at radius 3 is 2.73 bits per heavy atom. The molecule has 0 radical (unpaired) electrons.